The van der Waals surface area contributed by atoms with Gasteiger partial charge in [0.05, 0.1) is 0 Å². The van der Waals surface area contributed by atoms with Crippen molar-refractivity contribution in [1.82, 2.24) is 0 Å². The highest BCUT2D eigenvalue weighted by Gasteiger charge is 2.30. The molecule has 0 bridgehead atoms. The fraction of sp³-hybridized carbons (Fsp3) is 1.00. The van der Waals surface area contributed by atoms with Crippen LogP contribution in [0.2, 0.25) is 0 Å². The molecule has 0 heterocycles. The molecule has 0 spiro atoms. The average molecular weight is 242 g/mol. The van der Waals surface area contributed by atoms with Crippen LogP contribution < -0.4 is 0 Å². The second-order valence-electron chi connectivity index (χ2n) is 5.72. The Bertz CT molecular complexity index is 129. The molecule has 1 rings (SSSR count). The van der Waals surface area contributed by atoms with Crippen LogP contribution in [-0.4, -0.2) is 0 Å². The molecular formula is C17H38. The highest BCUT2D eigenvalue weighted by molar-refractivity contribution is 4.82. The molecule has 0 unspecified atom stereocenters. The van der Waals surface area contributed by atoms with E-state index in [1.54, 1.807) is 0 Å². The Morgan fingerprint density at radius 2 is 1.29 bits per heavy atom. The maximum atomic E-state index is 2.38. The van der Waals surface area contributed by atoms with E-state index in [1.165, 1.54) is 51.4 Å². The standard InChI is InChI=1S/C12H24.C3H8.C2H6/c1-4-12(10-11(2)3)8-6-5-7-9-12;1-3-2;1-2/h11H,4-10H2,1-3H3;3H2,1-2H3;1-2H3. The van der Waals surface area contributed by atoms with Gasteiger partial charge in [-0.1, -0.05) is 80.6 Å². The summed E-state index contributed by atoms with van der Waals surface area (Å²) in [4.78, 5) is 0. The smallest absolute Gasteiger partial charge is 0.0298 e. The normalized spacial score (nSPS) is 17.6. The molecule has 1 aliphatic rings. The molecule has 0 aromatic heterocycles. The average Bonchev–Trinajstić information content (AvgIpc) is 2.33. The molecule has 0 heteroatoms. The molecular weight excluding hydrogens is 204 g/mol. The van der Waals surface area contributed by atoms with Crippen molar-refractivity contribution >= 4 is 0 Å². The summed E-state index contributed by atoms with van der Waals surface area (Å²) in [5.41, 5.74) is 0.742. The van der Waals surface area contributed by atoms with E-state index in [9.17, 15) is 0 Å². The molecule has 0 aromatic carbocycles. The number of rotatable bonds is 3. The topological polar surface area (TPSA) is 0 Å². The van der Waals surface area contributed by atoms with Gasteiger partial charge < -0.3 is 0 Å². The monoisotopic (exact) mass is 242 g/mol. The first-order valence-corrected chi connectivity index (χ1v) is 8.10. The zero-order valence-corrected chi connectivity index (χ0v) is 13.7. The first-order chi connectivity index (χ1) is 8.10. The van der Waals surface area contributed by atoms with Crippen molar-refractivity contribution in [2.45, 2.75) is 99.8 Å². The van der Waals surface area contributed by atoms with Gasteiger partial charge in [-0.3, -0.25) is 0 Å². The van der Waals surface area contributed by atoms with Crippen molar-refractivity contribution < 1.29 is 0 Å². The third kappa shape index (κ3) is 9.68. The minimum Gasteiger partial charge on any atom is -0.0683 e. The third-order valence-electron chi connectivity index (χ3n) is 3.51. The van der Waals surface area contributed by atoms with Gasteiger partial charge >= 0.3 is 0 Å². The first kappa shape index (κ1) is 19.3. The van der Waals surface area contributed by atoms with Crippen molar-refractivity contribution in [2.24, 2.45) is 11.3 Å². The maximum Gasteiger partial charge on any atom is -0.0298 e. The third-order valence-corrected chi connectivity index (χ3v) is 3.51. The molecule has 0 aromatic rings. The van der Waals surface area contributed by atoms with Gasteiger partial charge in [0.25, 0.3) is 0 Å². The molecule has 0 saturated heterocycles. The van der Waals surface area contributed by atoms with Crippen molar-refractivity contribution in [3.8, 4) is 0 Å². The van der Waals surface area contributed by atoms with Crippen molar-refractivity contribution in [2.75, 3.05) is 0 Å². The van der Waals surface area contributed by atoms with Crippen LogP contribution >= 0.6 is 0 Å². The van der Waals surface area contributed by atoms with Crippen LogP contribution in [0.25, 0.3) is 0 Å². The fourth-order valence-corrected chi connectivity index (χ4v) is 2.87. The van der Waals surface area contributed by atoms with Crippen molar-refractivity contribution in [1.29, 1.82) is 0 Å². The van der Waals surface area contributed by atoms with Crippen LogP contribution in [0.5, 0.6) is 0 Å². The largest absolute Gasteiger partial charge is 0.0683 e. The lowest BCUT2D eigenvalue weighted by Crippen LogP contribution is -2.25. The summed E-state index contributed by atoms with van der Waals surface area (Å²) in [6.07, 6.45) is 11.6. The quantitative estimate of drug-likeness (QED) is 0.508. The summed E-state index contributed by atoms with van der Waals surface area (Å²) >= 11 is 0. The lowest BCUT2D eigenvalue weighted by atomic mass is 9.68. The minimum absolute atomic E-state index is 0.742. The van der Waals surface area contributed by atoms with E-state index in [1.807, 2.05) is 13.8 Å². The maximum absolute atomic E-state index is 2.38. The number of hydrogen-bond acceptors (Lipinski definition) is 0. The van der Waals surface area contributed by atoms with Gasteiger partial charge in [-0.2, -0.15) is 0 Å². The Morgan fingerprint density at radius 3 is 1.59 bits per heavy atom. The van der Waals surface area contributed by atoms with Crippen LogP contribution in [0.3, 0.4) is 0 Å². The molecule has 106 valence electrons. The Kier molecular flexibility index (Phi) is 14.2. The molecule has 0 aliphatic heterocycles. The molecule has 0 radical (unpaired) electrons. The Hall–Kier alpha value is 0. The predicted octanol–water partition coefficient (Wildman–Crippen LogP) is 6.84. The van der Waals surface area contributed by atoms with Gasteiger partial charge in [0, 0.05) is 0 Å². The van der Waals surface area contributed by atoms with Crippen molar-refractivity contribution in [3.05, 3.63) is 0 Å². The molecule has 1 saturated carbocycles. The molecule has 17 heavy (non-hydrogen) atoms. The lowest BCUT2D eigenvalue weighted by Gasteiger charge is -2.38. The SMILES string of the molecule is CC.CCC.CCC1(CC(C)C)CCCCC1. The van der Waals surface area contributed by atoms with E-state index in [2.05, 4.69) is 34.6 Å². The van der Waals surface area contributed by atoms with E-state index < -0.39 is 0 Å². The van der Waals surface area contributed by atoms with Gasteiger partial charge in [0.15, 0.2) is 0 Å². The van der Waals surface area contributed by atoms with E-state index in [4.69, 9.17) is 0 Å². The zero-order valence-electron chi connectivity index (χ0n) is 13.7. The van der Waals surface area contributed by atoms with Gasteiger partial charge in [-0.05, 0) is 30.6 Å². The first-order valence-electron chi connectivity index (χ1n) is 8.10. The fourth-order valence-electron chi connectivity index (χ4n) is 2.87. The van der Waals surface area contributed by atoms with E-state index in [-0.39, 0.29) is 0 Å². The lowest BCUT2D eigenvalue weighted by molar-refractivity contribution is 0.143. The molecule has 1 aliphatic carbocycles. The van der Waals surface area contributed by atoms with E-state index in [0.717, 1.165) is 11.3 Å². The van der Waals surface area contributed by atoms with Crippen LogP contribution in [0, 0.1) is 11.3 Å². The van der Waals surface area contributed by atoms with E-state index in [0.29, 0.717) is 0 Å². The summed E-state index contributed by atoms with van der Waals surface area (Å²) in [7, 11) is 0. The second kappa shape index (κ2) is 12.5. The molecule has 0 atom stereocenters. The van der Waals surface area contributed by atoms with Gasteiger partial charge in [0.2, 0.25) is 0 Å². The van der Waals surface area contributed by atoms with Crippen molar-refractivity contribution in [3.63, 3.8) is 0 Å². The minimum atomic E-state index is 0.742. The van der Waals surface area contributed by atoms with Gasteiger partial charge in [0.1, 0.15) is 0 Å². The summed E-state index contributed by atoms with van der Waals surface area (Å²) < 4.78 is 0. The number of hydrogen-bond donors (Lipinski definition) is 0. The summed E-state index contributed by atoms with van der Waals surface area (Å²) in [6, 6.07) is 0. The molecule has 0 nitrogen and oxygen atoms in total. The second-order valence-corrected chi connectivity index (χ2v) is 5.72. The van der Waals surface area contributed by atoms with Crippen LogP contribution in [-0.2, 0) is 0 Å². The summed E-state index contributed by atoms with van der Waals surface area (Å²) in [6.45, 7) is 15.4. The molecule has 0 amide bonds. The Labute approximate surface area is 112 Å². The Morgan fingerprint density at radius 1 is 0.882 bits per heavy atom. The summed E-state index contributed by atoms with van der Waals surface area (Å²) in [5.74, 6) is 0.892. The van der Waals surface area contributed by atoms with Gasteiger partial charge in [-0.25, -0.2) is 0 Å². The van der Waals surface area contributed by atoms with E-state index >= 15 is 0 Å². The van der Waals surface area contributed by atoms with Gasteiger partial charge in [-0.15, -0.1) is 0 Å². The Balaban J connectivity index is 0. The highest BCUT2D eigenvalue weighted by Crippen LogP contribution is 2.43. The molecule has 0 N–H and O–H groups in total. The molecule has 1 fully saturated rings. The van der Waals surface area contributed by atoms with Crippen LogP contribution in [0.15, 0.2) is 0 Å². The zero-order chi connectivity index (χ0) is 13.7. The van der Waals surface area contributed by atoms with Crippen LogP contribution in [0.4, 0.5) is 0 Å². The predicted molar refractivity (Wildman–Crippen MR) is 82.6 cm³/mol. The van der Waals surface area contributed by atoms with Crippen LogP contribution in [0.1, 0.15) is 99.8 Å². The summed E-state index contributed by atoms with van der Waals surface area (Å²) in [5, 5.41) is 0. The highest BCUT2D eigenvalue weighted by atomic mass is 14.4.